The van der Waals surface area contributed by atoms with Crippen molar-refractivity contribution in [2.24, 2.45) is 5.41 Å². The molecular formula is C18H26O3. The summed E-state index contributed by atoms with van der Waals surface area (Å²) >= 11 is 0. The largest absolute Gasteiger partial charge is 0.494 e. The fourth-order valence-corrected chi connectivity index (χ4v) is 3.01. The molecule has 0 heterocycles. The minimum absolute atomic E-state index is 0.0852. The van der Waals surface area contributed by atoms with Crippen LogP contribution in [-0.4, -0.2) is 25.1 Å². The van der Waals surface area contributed by atoms with Crippen LogP contribution in [0.3, 0.4) is 0 Å². The molecule has 116 valence electrons. The van der Waals surface area contributed by atoms with Gasteiger partial charge >= 0.3 is 0 Å². The van der Waals surface area contributed by atoms with Crippen molar-refractivity contribution in [2.45, 2.75) is 52.1 Å². The average Bonchev–Trinajstić information content (AvgIpc) is 2.48. The molecule has 0 spiro atoms. The maximum atomic E-state index is 12.9. The number of ether oxygens (including phenoxy) is 2. The van der Waals surface area contributed by atoms with Crippen LogP contribution in [0.1, 0.15) is 56.8 Å². The molecular weight excluding hydrogens is 264 g/mol. The fourth-order valence-electron chi connectivity index (χ4n) is 3.01. The molecule has 0 saturated heterocycles. The Hall–Kier alpha value is -1.35. The monoisotopic (exact) mass is 290 g/mol. The van der Waals surface area contributed by atoms with Gasteiger partial charge in [0.25, 0.3) is 0 Å². The van der Waals surface area contributed by atoms with E-state index in [1.54, 1.807) is 7.11 Å². The van der Waals surface area contributed by atoms with E-state index in [1.807, 2.05) is 31.2 Å². The van der Waals surface area contributed by atoms with Gasteiger partial charge in [0, 0.05) is 12.7 Å². The van der Waals surface area contributed by atoms with Crippen LogP contribution in [0.5, 0.6) is 5.75 Å². The minimum Gasteiger partial charge on any atom is -0.494 e. The summed E-state index contributed by atoms with van der Waals surface area (Å²) < 4.78 is 11.2. The second-order valence-electron chi connectivity index (χ2n) is 6.65. The molecule has 1 aliphatic carbocycles. The highest BCUT2D eigenvalue weighted by molar-refractivity contribution is 6.02. The summed E-state index contributed by atoms with van der Waals surface area (Å²) in [7, 11) is 1.66. The van der Waals surface area contributed by atoms with Crippen molar-refractivity contribution < 1.29 is 14.3 Å². The number of hydrogen-bond donors (Lipinski definition) is 0. The van der Waals surface area contributed by atoms with E-state index in [2.05, 4.69) is 13.8 Å². The molecule has 0 atom stereocenters. The van der Waals surface area contributed by atoms with Gasteiger partial charge < -0.3 is 9.47 Å². The van der Waals surface area contributed by atoms with Crippen LogP contribution in [0, 0.1) is 5.41 Å². The first-order valence-electron chi connectivity index (χ1n) is 7.75. The van der Waals surface area contributed by atoms with Gasteiger partial charge in [0.1, 0.15) is 11.4 Å². The summed E-state index contributed by atoms with van der Waals surface area (Å²) in [5.41, 5.74) is 0.318. The molecule has 3 nitrogen and oxygen atoms in total. The van der Waals surface area contributed by atoms with Gasteiger partial charge in [-0.1, -0.05) is 26.0 Å². The van der Waals surface area contributed by atoms with Crippen LogP contribution in [-0.2, 0) is 4.74 Å². The molecule has 2 rings (SSSR count). The Morgan fingerprint density at radius 1 is 1.19 bits per heavy atom. The number of methoxy groups -OCH3 is 1. The molecule has 1 aromatic carbocycles. The van der Waals surface area contributed by atoms with Crippen molar-refractivity contribution in [1.29, 1.82) is 0 Å². The minimum atomic E-state index is -0.666. The van der Waals surface area contributed by atoms with Gasteiger partial charge in [0.05, 0.1) is 6.61 Å². The summed E-state index contributed by atoms with van der Waals surface area (Å²) in [6.45, 7) is 7.05. The van der Waals surface area contributed by atoms with E-state index in [1.165, 1.54) is 0 Å². The predicted octanol–water partition coefficient (Wildman–Crippen LogP) is 4.25. The maximum Gasteiger partial charge on any atom is 0.194 e. The highest BCUT2D eigenvalue weighted by atomic mass is 16.5. The molecule has 21 heavy (non-hydrogen) atoms. The molecule has 1 aromatic rings. The summed E-state index contributed by atoms with van der Waals surface area (Å²) in [5.74, 6) is 0.827. The van der Waals surface area contributed by atoms with Crippen molar-refractivity contribution in [3.05, 3.63) is 29.8 Å². The number of benzene rings is 1. The summed E-state index contributed by atoms with van der Waals surface area (Å²) in [6.07, 6.45) is 3.60. The Morgan fingerprint density at radius 2 is 1.86 bits per heavy atom. The molecule has 1 aliphatic rings. The molecule has 0 aromatic heterocycles. The highest BCUT2D eigenvalue weighted by Gasteiger charge is 2.44. The third-order valence-electron chi connectivity index (χ3n) is 4.62. The molecule has 0 bridgehead atoms. The van der Waals surface area contributed by atoms with E-state index >= 15 is 0 Å². The number of rotatable bonds is 5. The van der Waals surface area contributed by atoms with Crippen molar-refractivity contribution in [1.82, 2.24) is 0 Å². The Balaban J connectivity index is 2.22. The number of carbonyl (C=O) groups is 1. The lowest BCUT2D eigenvalue weighted by Crippen LogP contribution is -2.45. The Bertz CT molecular complexity index is 495. The van der Waals surface area contributed by atoms with E-state index in [9.17, 15) is 4.79 Å². The van der Waals surface area contributed by atoms with E-state index in [4.69, 9.17) is 9.47 Å². The molecule has 1 saturated carbocycles. The first-order valence-corrected chi connectivity index (χ1v) is 7.75. The summed E-state index contributed by atoms with van der Waals surface area (Å²) in [4.78, 5) is 12.9. The number of Topliss-reactive ketones (excluding diaryl/α,β-unsaturated/α-hetero) is 1. The summed E-state index contributed by atoms with van der Waals surface area (Å²) in [5, 5.41) is 0. The third-order valence-corrected chi connectivity index (χ3v) is 4.62. The quantitative estimate of drug-likeness (QED) is 0.760. The van der Waals surface area contributed by atoms with Gasteiger partial charge in [-0.25, -0.2) is 0 Å². The predicted molar refractivity (Wildman–Crippen MR) is 83.9 cm³/mol. The SMILES string of the molecule is CCOc1cccc(C(=O)C2(OC)CCC(C)(C)CC2)c1. The van der Waals surface area contributed by atoms with Gasteiger partial charge in [-0.3, -0.25) is 4.79 Å². The molecule has 1 fully saturated rings. The highest BCUT2D eigenvalue weighted by Crippen LogP contribution is 2.43. The van der Waals surface area contributed by atoms with Gasteiger partial charge in [0.15, 0.2) is 5.78 Å². The lowest BCUT2D eigenvalue weighted by molar-refractivity contribution is -0.0383. The van der Waals surface area contributed by atoms with E-state index in [-0.39, 0.29) is 5.78 Å². The van der Waals surface area contributed by atoms with Crippen LogP contribution in [0.2, 0.25) is 0 Å². The van der Waals surface area contributed by atoms with Crippen molar-refractivity contribution >= 4 is 5.78 Å². The lowest BCUT2D eigenvalue weighted by atomic mass is 9.68. The van der Waals surface area contributed by atoms with Crippen molar-refractivity contribution in [2.75, 3.05) is 13.7 Å². The van der Waals surface area contributed by atoms with Gasteiger partial charge in [-0.2, -0.15) is 0 Å². The van der Waals surface area contributed by atoms with Crippen molar-refractivity contribution in [3.63, 3.8) is 0 Å². The molecule has 0 aliphatic heterocycles. The maximum absolute atomic E-state index is 12.9. The smallest absolute Gasteiger partial charge is 0.194 e. The van der Waals surface area contributed by atoms with E-state index in [0.717, 1.165) is 31.4 Å². The van der Waals surface area contributed by atoms with Gasteiger partial charge in [0.2, 0.25) is 0 Å². The van der Waals surface area contributed by atoms with Crippen LogP contribution in [0.25, 0.3) is 0 Å². The van der Waals surface area contributed by atoms with Crippen LogP contribution < -0.4 is 4.74 Å². The molecule has 0 radical (unpaired) electrons. The van der Waals surface area contributed by atoms with Crippen LogP contribution in [0.15, 0.2) is 24.3 Å². The first-order chi connectivity index (χ1) is 9.92. The normalized spacial score (nSPS) is 20.0. The number of ketones is 1. The van der Waals surface area contributed by atoms with Gasteiger partial charge in [-0.15, -0.1) is 0 Å². The third kappa shape index (κ3) is 3.46. The van der Waals surface area contributed by atoms with E-state index < -0.39 is 5.60 Å². The second kappa shape index (κ2) is 6.18. The molecule has 3 heteroatoms. The standard InChI is InChI=1S/C18H26O3/c1-5-21-15-8-6-7-14(13-15)16(19)18(20-4)11-9-17(2,3)10-12-18/h6-8,13H,5,9-12H2,1-4H3. The zero-order valence-corrected chi connectivity index (χ0v) is 13.6. The Morgan fingerprint density at radius 3 is 2.43 bits per heavy atom. The topological polar surface area (TPSA) is 35.5 Å². The molecule has 0 unspecified atom stereocenters. The number of carbonyl (C=O) groups excluding carboxylic acids is 1. The molecule has 0 amide bonds. The number of hydrogen-bond acceptors (Lipinski definition) is 3. The average molecular weight is 290 g/mol. The first kappa shape index (κ1) is 16.0. The zero-order chi connectivity index (χ0) is 15.5. The Kier molecular flexibility index (Phi) is 4.72. The van der Waals surface area contributed by atoms with Crippen LogP contribution in [0.4, 0.5) is 0 Å². The lowest BCUT2D eigenvalue weighted by Gasteiger charge is -2.41. The Labute approximate surface area is 127 Å². The van der Waals surface area contributed by atoms with Crippen LogP contribution >= 0.6 is 0 Å². The second-order valence-corrected chi connectivity index (χ2v) is 6.65. The van der Waals surface area contributed by atoms with Crippen molar-refractivity contribution in [3.8, 4) is 5.75 Å². The fraction of sp³-hybridized carbons (Fsp3) is 0.611. The summed E-state index contributed by atoms with van der Waals surface area (Å²) in [6, 6.07) is 7.43. The van der Waals surface area contributed by atoms with Gasteiger partial charge in [-0.05, 0) is 50.2 Å². The molecule has 0 N–H and O–H groups in total. The zero-order valence-electron chi connectivity index (χ0n) is 13.6. The van der Waals surface area contributed by atoms with E-state index in [0.29, 0.717) is 17.6 Å².